The molecule has 0 aromatic rings. The molecule has 36 heavy (non-hydrogen) atoms. The van der Waals surface area contributed by atoms with Crippen molar-refractivity contribution >= 4 is 0 Å². The summed E-state index contributed by atoms with van der Waals surface area (Å²) >= 11 is 0. The lowest BCUT2D eigenvalue weighted by Gasteiger charge is -2.34. The normalized spacial score (nSPS) is 17.6. The van der Waals surface area contributed by atoms with Gasteiger partial charge in [-0.3, -0.25) is 0 Å². The summed E-state index contributed by atoms with van der Waals surface area (Å²) in [7, 11) is 0. The molecule has 2 nitrogen and oxygen atoms in total. The summed E-state index contributed by atoms with van der Waals surface area (Å²) < 4.78 is 6.01. The summed E-state index contributed by atoms with van der Waals surface area (Å²) in [6.07, 6.45) is 20.6. The topological polar surface area (TPSA) is 33.0 Å². The van der Waals surface area contributed by atoms with Crippen molar-refractivity contribution in [2.75, 3.05) is 13.2 Å². The molecule has 0 fully saturated rings. The zero-order chi connectivity index (χ0) is 27.2. The van der Waals surface area contributed by atoms with Gasteiger partial charge in [0.15, 0.2) is 0 Å². The van der Waals surface area contributed by atoms with Crippen LogP contribution in [0, 0.1) is 52.8 Å². The molecule has 0 radical (unpaired) electrons. The molecule has 7 unspecified atom stereocenters. The van der Waals surface area contributed by atoms with E-state index in [0.717, 1.165) is 42.1 Å². The number of nitrogens with zero attached hydrogens (tertiary/aromatic N) is 1. The maximum atomic E-state index is 8.93. The SMILES string of the molecule is CCCC(CC)C(CC)C(CC)CCCC(CCC(CC)C(CC)C(CC)CCC)COCCC#N. The quantitative estimate of drug-likeness (QED) is 0.116. The molecule has 0 rings (SSSR count). The predicted octanol–water partition coefficient (Wildman–Crippen LogP) is 11.2. The molecule has 7 atom stereocenters. The zero-order valence-electron chi connectivity index (χ0n) is 26.1. The Morgan fingerprint density at radius 2 is 1.03 bits per heavy atom. The molecule has 0 bridgehead atoms. The number of rotatable bonds is 25. The number of ether oxygens (including phenoxy) is 1. The van der Waals surface area contributed by atoms with Gasteiger partial charge in [-0.15, -0.1) is 0 Å². The highest BCUT2D eigenvalue weighted by molar-refractivity contribution is 4.78. The Balaban J connectivity index is 5.15. The summed E-state index contributed by atoms with van der Waals surface area (Å²) in [6, 6.07) is 2.24. The van der Waals surface area contributed by atoms with Crippen molar-refractivity contribution in [1.82, 2.24) is 0 Å². The summed E-state index contributed by atoms with van der Waals surface area (Å²) in [5.41, 5.74) is 0. The lowest BCUT2D eigenvalue weighted by molar-refractivity contribution is 0.0864. The minimum absolute atomic E-state index is 0.517. The third kappa shape index (κ3) is 13.8. The van der Waals surface area contributed by atoms with Crippen LogP contribution in [0.4, 0.5) is 0 Å². The van der Waals surface area contributed by atoms with E-state index in [1.165, 1.54) is 96.3 Å². The lowest BCUT2D eigenvalue weighted by atomic mass is 9.72. The summed E-state index contributed by atoms with van der Waals surface area (Å²) in [5.74, 6) is 5.93. The Labute approximate surface area is 228 Å². The third-order valence-corrected chi connectivity index (χ3v) is 9.63. The van der Waals surface area contributed by atoms with Gasteiger partial charge in [0.05, 0.1) is 19.1 Å². The summed E-state index contributed by atoms with van der Waals surface area (Å²) in [6.45, 7) is 20.6. The largest absolute Gasteiger partial charge is 0.380 e. The van der Waals surface area contributed by atoms with Gasteiger partial charge in [-0.25, -0.2) is 0 Å². The highest BCUT2D eigenvalue weighted by atomic mass is 16.5. The molecule has 0 spiro atoms. The Hall–Kier alpha value is -0.550. The van der Waals surface area contributed by atoms with E-state index in [4.69, 9.17) is 10.00 Å². The fourth-order valence-corrected chi connectivity index (χ4v) is 7.53. The van der Waals surface area contributed by atoms with Crippen LogP contribution < -0.4 is 0 Å². The van der Waals surface area contributed by atoms with Crippen LogP contribution in [-0.4, -0.2) is 13.2 Å². The molecule has 0 saturated heterocycles. The molecule has 0 aromatic carbocycles. The van der Waals surface area contributed by atoms with Crippen LogP contribution in [-0.2, 0) is 4.74 Å². The first-order valence-electron chi connectivity index (χ1n) is 16.5. The van der Waals surface area contributed by atoms with Crippen LogP contribution in [0.3, 0.4) is 0 Å². The first kappa shape index (κ1) is 35.5. The average Bonchev–Trinajstić information content (AvgIpc) is 2.90. The van der Waals surface area contributed by atoms with Crippen molar-refractivity contribution in [3.05, 3.63) is 0 Å². The van der Waals surface area contributed by atoms with Crippen LogP contribution in [0.2, 0.25) is 0 Å². The molecule has 214 valence electrons. The van der Waals surface area contributed by atoms with Gasteiger partial charge in [0.2, 0.25) is 0 Å². The monoisotopic (exact) mass is 506 g/mol. The molecule has 0 aromatic heterocycles. The fourth-order valence-electron chi connectivity index (χ4n) is 7.53. The second-order valence-electron chi connectivity index (χ2n) is 11.8. The van der Waals surface area contributed by atoms with E-state index < -0.39 is 0 Å². The Kier molecular flexibility index (Phi) is 23.2. The molecular formula is C34H67NO. The van der Waals surface area contributed by atoms with Crippen molar-refractivity contribution in [1.29, 1.82) is 5.26 Å². The maximum absolute atomic E-state index is 8.93. The summed E-state index contributed by atoms with van der Waals surface area (Å²) in [4.78, 5) is 0. The third-order valence-electron chi connectivity index (χ3n) is 9.63. The van der Waals surface area contributed by atoms with E-state index in [9.17, 15) is 0 Å². The van der Waals surface area contributed by atoms with Crippen LogP contribution >= 0.6 is 0 Å². The molecule has 0 aliphatic carbocycles. The van der Waals surface area contributed by atoms with Crippen LogP contribution in [0.5, 0.6) is 0 Å². The standard InChI is InChI=1S/C34H67NO/c1-9-19-29(11-3)33(15-7)31(13-5)22-17-21-28(27-36-26-18-25-35)23-24-32(14-6)34(16-8)30(12-4)20-10-2/h28-34H,9-24,26-27H2,1-8H3. The molecule has 0 heterocycles. The molecule has 0 amide bonds. The number of hydrogen-bond donors (Lipinski definition) is 0. The molecular weight excluding hydrogens is 438 g/mol. The van der Waals surface area contributed by atoms with Crippen LogP contribution in [0.1, 0.15) is 158 Å². The highest BCUT2D eigenvalue weighted by Crippen LogP contribution is 2.38. The van der Waals surface area contributed by atoms with E-state index >= 15 is 0 Å². The van der Waals surface area contributed by atoms with Gasteiger partial charge in [0.1, 0.15) is 0 Å². The number of hydrogen-bond acceptors (Lipinski definition) is 2. The van der Waals surface area contributed by atoms with Gasteiger partial charge in [-0.2, -0.15) is 5.26 Å². The van der Waals surface area contributed by atoms with E-state index in [1.54, 1.807) is 0 Å². The molecule has 2 heteroatoms. The summed E-state index contributed by atoms with van der Waals surface area (Å²) in [5, 5.41) is 8.93. The van der Waals surface area contributed by atoms with E-state index in [0.29, 0.717) is 18.9 Å². The smallest absolute Gasteiger partial charge is 0.0645 e. The van der Waals surface area contributed by atoms with E-state index in [1.807, 2.05) is 0 Å². The first-order chi connectivity index (χ1) is 17.5. The van der Waals surface area contributed by atoms with Gasteiger partial charge >= 0.3 is 0 Å². The van der Waals surface area contributed by atoms with Crippen molar-refractivity contribution in [2.24, 2.45) is 41.4 Å². The minimum Gasteiger partial charge on any atom is -0.380 e. The molecule has 0 aliphatic rings. The maximum Gasteiger partial charge on any atom is 0.0645 e. The van der Waals surface area contributed by atoms with Crippen molar-refractivity contribution < 1.29 is 4.74 Å². The minimum atomic E-state index is 0.517. The first-order valence-corrected chi connectivity index (χ1v) is 16.5. The fraction of sp³-hybridized carbons (Fsp3) is 0.971. The second kappa shape index (κ2) is 23.6. The Morgan fingerprint density at radius 1 is 0.556 bits per heavy atom. The number of nitriles is 1. The van der Waals surface area contributed by atoms with Crippen LogP contribution in [0.25, 0.3) is 0 Å². The molecule has 0 N–H and O–H groups in total. The van der Waals surface area contributed by atoms with Gasteiger partial charge < -0.3 is 4.74 Å². The Morgan fingerprint density at radius 3 is 1.44 bits per heavy atom. The van der Waals surface area contributed by atoms with Crippen molar-refractivity contribution in [3.63, 3.8) is 0 Å². The van der Waals surface area contributed by atoms with E-state index in [2.05, 4.69) is 61.5 Å². The lowest BCUT2D eigenvalue weighted by Crippen LogP contribution is -2.24. The average molecular weight is 506 g/mol. The van der Waals surface area contributed by atoms with Gasteiger partial charge in [-0.1, -0.05) is 132 Å². The predicted molar refractivity (Wildman–Crippen MR) is 160 cm³/mol. The van der Waals surface area contributed by atoms with E-state index in [-0.39, 0.29) is 0 Å². The van der Waals surface area contributed by atoms with Crippen LogP contribution in [0.15, 0.2) is 0 Å². The second-order valence-corrected chi connectivity index (χ2v) is 11.8. The van der Waals surface area contributed by atoms with Gasteiger partial charge in [0, 0.05) is 6.61 Å². The van der Waals surface area contributed by atoms with Gasteiger partial charge in [0.25, 0.3) is 0 Å². The molecule has 0 aliphatic heterocycles. The molecule has 0 saturated carbocycles. The van der Waals surface area contributed by atoms with Crippen molar-refractivity contribution in [2.45, 2.75) is 158 Å². The Bertz CT molecular complexity index is 512. The van der Waals surface area contributed by atoms with Gasteiger partial charge in [-0.05, 0) is 60.7 Å². The van der Waals surface area contributed by atoms with Crippen molar-refractivity contribution in [3.8, 4) is 6.07 Å². The highest BCUT2D eigenvalue weighted by Gasteiger charge is 2.27. The zero-order valence-corrected chi connectivity index (χ0v) is 26.1.